The maximum Gasteiger partial charge on any atom is 0.117 e. The monoisotopic (exact) mass is 335 g/mol. The van der Waals surface area contributed by atoms with Crippen LogP contribution in [0.25, 0.3) is 22.4 Å². The van der Waals surface area contributed by atoms with Crippen molar-refractivity contribution in [2.24, 2.45) is 0 Å². The van der Waals surface area contributed by atoms with Gasteiger partial charge in [0.15, 0.2) is 0 Å². The van der Waals surface area contributed by atoms with Gasteiger partial charge in [-0.2, -0.15) is 0 Å². The summed E-state index contributed by atoms with van der Waals surface area (Å²) in [5, 5.41) is 11.2. The van der Waals surface area contributed by atoms with Crippen molar-refractivity contribution in [2.45, 2.75) is 6.61 Å². The molecule has 0 radical (unpaired) electrons. The second kappa shape index (κ2) is 6.16. The predicted octanol–water partition coefficient (Wildman–Crippen LogP) is 5.27. The zero-order valence-corrected chi connectivity index (χ0v) is 13.2. The molecule has 0 atom stereocenters. The molecule has 5 heteroatoms. The molecule has 2 nitrogen and oxygen atoms in total. The summed E-state index contributed by atoms with van der Waals surface area (Å²) < 4.78 is 0.969. The van der Waals surface area contributed by atoms with Gasteiger partial charge in [-0.05, 0) is 35.4 Å². The summed E-state index contributed by atoms with van der Waals surface area (Å²) >= 11 is 13.7. The van der Waals surface area contributed by atoms with Gasteiger partial charge in [-0.3, -0.25) is 0 Å². The van der Waals surface area contributed by atoms with Crippen LogP contribution in [0.4, 0.5) is 0 Å². The van der Waals surface area contributed by atoms with Gasteiger partial charge in [0, 0.05) is 5.02 Å². The normalized spacial score (nSPS) is 11.6. The molecule has 0 aliphatic carbocycles. The van der Waals surface area contributed by atoms with Crippen LogP contribution < -0.4 is 0 Å². The molecular weight excluding hydrogens is 325 g/mol. The van der Waals surface area contributed by atoms with Crippen molar-refractivity contribution < 1.29 is 5.11 Å². The minimum atomic E-state index is 0.0386. The Labute approximate surface area is 136 Å². The lowest BCUT2D eigenvalue weighted by Gasteiger charge is -1.97. The Bertz CT molecular complexity index is 826. The SMILES string of the molecule is OCc1cccc(C=Cc2nc3c(Cl)cc(Cl)cc3s2)c1. The third-order valence-corrected chi connectivity index (χ3v) is 4.46. The maximum absolute atomic E-state index is 9.14. The highest BCUT2D eigenvalue weighted by Gasteiger charge is 2.07. The summed E-state index contributed by atoms with van der Waals surface area (Å²) in [6, 6.07) is 11.3. The van der Waals surface area contributed by atoms with Crippen LogP contribution in [0.15, 0.2) is 36.4 Å². The first-order chi connectivity index (χ1) is 10.2. The van der Waals surface area contributed by atoms with E-state index in [9.17, 15) is 0 Å². The fourth-order valence-corrected chi connectivity index (χ4v) is 3.60. The number of aromatic nitrogens is 1. The largest absolute Gasteiger partial charge is 0.392 e. The summed E-state index contributed by atoms with van der Waals surface area (Å²) in [6.07, 6.45) is 3.90. The highest BCUT2D eigenvalue weighted by molar-refractivity contribution is 7.19. The fourth-order valence-electron chi connectivity index (χ4n) is 2.01. The Hall–Kier alpha value is -1.39. The van der Waals surface area contributed by atoms with Crippen molar-refractivity contribution in [1.82, 2.24) is 4.98 Å². The number of hydrogen-bond donors (Lipinski definition) is 1. The highest BCUT2D eigenvalue weighted by atomic mass is 35.5. The number of benzene rings is 2. The number of aliphatic hydroxyl groups excluding tert-OH is 1. The Morgan fingerprint density at radius 2 is 2.00 bits per heavy atom. The Kier molecular flexibility index (Phi) is 4.27. The Morgan fingerprint density at radius 3 is 2.81 bits per heavy atom. The molecule has 0 aliphatic heterocycles. The lowest BCUT2D eigenvalue weighted by atomic mass is 10.1. The second-order valence-corrected chi connectivity index (χ2v) is 6.43. The number of fused-ring (bicyclic) bond motifs is 1. The van der Waals surface area contributed by atoms with Crippen LogP contribution in [0, 0.1) is 0 Å². The molecule has 106 valence electrons. The van der Waals surface area contributed by atoms with Crippen LogP contribution in [0.5, 0.6) is 0 Å². The van der Waals surface area contributed by atoms with Gasteiger partial charge >= 0.3 is 0 Å². The first-order valence-electron chi connectivity index (χ1n) is 6.29. The molecule has 2 aromatic carbocycles. The highest BCUT2D eigenvalue weighted by Crippen LogP contribution is 2.32. The third-order valence-electron chi connectivity index (χ3n) is 2.98. The molecule has 3 aromatic rings. The van der Waals surface area contributed by atoms with Gasteiger partial charge < -0.3 is 5.11 Å². The second-order valence-electron chi connectivity index (χ2n) is 4.52. The van der Waals surface area contributed by atoms with Crippen molar-refractivity contribution in [3.05, 3.63) is 62.6 Å². The first kappa shape index (κ1) is 14.5. The summed E-state index contributed by atoms with van der Waals surface area (Å²) in [6.45, 7) is 0.0386. The quantitative estimate of drug-likeness (QED) is 0.707. The maximum atomic E-state index is 9.14. The van der Waals surface area contributed by atoms with Gasteiger partial charge in [0.25, 0.3) is 0 Å². The van der Waals surface area contributed by atoms with E-state index >= 15 is 0 Å². The summed E-state index contributed by atoms with van der Waals surface area (Å²) in [5.74, 6) is 0. The van der Waals surface area contributed by atoms with E-state index in [1.165, 1.54) is 11.3 Å². The predicted molar refractivity (Wildman–Crippen MR) is 90.9 cm³/mol. The standard InChI is InChI=1S/C16H11Cl2NOS/c17-12-7-13(18)16-14(8-12)21-15(19-16)5-4-10-2-1-3-11(6-10)9-20/h1-8,20H,9H2. The average Bonchev–Trinajstić information content (AvgIpc) is 2.88. The number of hydrogen-bond acceptors (Lipinski definition) is 3. The number of nitrogens with zero attached hydrogens (tertiary/aromatic N) is 1. The molecular formula is C16H11Cl2NOS. The van der Waals surface area contributed by atoms with Crippen molar-refractivity contribution in [2.75, 3.05) is 0 Å². The van der Waals surface area contributed by atoms with Crippen molar-refractivity contribution in [3.8, 4) is 0 Å². The van der Waals surface area contributed by atoms with Gasteiger partial charge in [-0.25, -0.2) is 4.98 Å². The molecule has 0 spiro atoms. The van der Waals surface area contributed by atoms with Crippen LogP contribution in [-0.2, 0) is 6.61 Å². The number of thiazole rings is 1. The zero-order valence-electron chi connectivity index (χ0n) is 10.9. The molecule has 0 bridgehead atoms. The van der Waals surface area contributed by atoms with E-state index in [0.29, 0.717) is 10.0 Å². The van der Waals surface area contributed by atoms with Crippen LogP contribution in [-0.4, -0.2) is 10.1 Å². The van der Waals surface area contributed by atoms with Crippen molar-refractivity contribution in [1.29, 1.82) is 0 Å². The fraction of sp³-hybridized carbons (Fsp3) is 0.0625. The zero-order chi connectivity index (χ0) is 14.8. The summed E-state index contributed by atoms with van der Waals surface area (Å²) in [5.41, 5.74) is 2.68. The Morgan fingerprint density at radius 1 is 1.14 bits per heavy atom. The molecule has 0 saturated carbocycles. The molecule has 1 heterocycles. The summed E-state index contributed by atoms with van der Waals surface area (Å²) in [4.78, 5) is 4.50. The van der Waals surface area contributed by atoms with Crippen LogP contribution in [0.3, 0.4) is 0 Å². The number of aliphatic hydroxyl groups is 1. The minimum Gasteiger partial charge on any atom is -0.392 e. The van der Waals surface area contributed by atoms with E-state index in [1.807, 2.05) is 42.5 Å². The summed E-state index contributed by atoms with van der Waals surface area (Å²) in [7, 11) is 0. The third kappa shape index (κ3) is 3.27. The van der Waals surface area contributed by atoms with Crippen LogP contribution in [0.2, 0.25) is 10.0 Å². The van der Waals surface area contributed by atoms with E-state index < -0.39 is 0 Å². The van der Waals surface area contributed by atoms with Gasteiger partial charge in [0.05, 0.1) is 16.3 Å². The first-order valence-corrected chi connectivity index (χ1v) is 7.86. The van der Waals surface area contributed by atoms with Crippen molar-refractivity contribution >= 4 is 56.9 Å². The molecule has 0 aliphatic rings. The molecule has 0 saturated heterocycles. The van der Waals surface area contributed by atoms with E-state index in [-0.39, 0.29) is 6.61 Å². The van der Waals surface area contributed by atoms with Gasteiger partial charge in [-0.1, -0.05) is 47.5 Å². The van der Waals surface area contributed by atoms with Crippen LogP contribution >= 0.6 is 34.5 Å². The van der Waals surface area contributed by atoms with Crippen molar-refractivity contribution in [3.63, 3.8) is 0 Å². The lowest BCUT2D eigenvalue weighted by Crippen LogP contribution is -1.82. The minimum absolute atomic E-state index is 0.0386. The van der Waals surface area contributed by atoms with E-state index in [0.717, 1.165) is 26.4 Å². The van der Waals surface area contributed by atoms with E-state index in [2.05, 4.69) is 4.98 Å². The lowest BCUT2D eigenvalue weighted by molar-refractivity contribution is 0.282. The van der Waals surface area contributed by atoms with Crippen LogP contribution in [0.1, 0.15) is 16.1 Å². The van der Waals surface area contributed by atoms with E-state index in [4.69, 9.17) is 28.3 Å². The average molecular weight is 336 g/mol. The van der Waals surface area contributed by atoms with Gasteiger partial charge in [-0.15, -0.1) is 11.3 Å². The molecule has 1 N–H and O–H groups in total. The molecule has 0 fully saturated rings. The molecule has 0 unspecified atom stereocenters. The molecule has 0 amide bonds. The van der Waals surface area contributed by atoms with Gasteiger partial charge in [0.1, 0.15) is 10.5 Å². The molecule has 21 heavy (non-hydrogen) atoms. The number of rotatable bonds is 3. The Balaban J connectivity index is 1.94. The number of halogens is 2. The molecule has 3 rings (SSSR count). The molecule has 1 aromatic heterocycles. The topological polar surface area (TPSA) is 33.1 Å². The smallest absolute Gasteiger partial charge is 0.117 e. The van der Waals surface area contributed by atoms with E-state index in [1.54, 1.807) is 6.07 Å². The van der Waals surface area contributed by atoms with Gasteiger partial charge in [0.2, 0.25) is 0 Å².